The second kappa shape index (κ2) is 7.36. The van der Waals surface area contributed by atoms with Gasteiger partial charge in [0.15, 0.2) is 0 Å². The number of aromatic nitrogens is 3. The van der Waals surface area contributed by atoms with Gasteiger partial charge >= 0.3 is 5.97 Å². The van der Waals surface area contributed by atoms with E-state index < -0.39 is 0 Å². The van der Waals surface area contributed by atoms with Crippen LogP contribution in [0.2, 0.25) is 0 Å². The van der Waals surface area contributed by atoms with Crippen LogP contribution in [0.1, 0.15) is 52.3 Å². The Morgan fingerprint density at radius 2 is 1.87 bits per heavy atom. The Bertz CT molecular complexity index is 1220. The van der Waals surface area contributed by atoms with E-state index in [-0.39, 0.29) is 11.4 Å². The van der Waals surface area contributed by atoms with Gasteiger partial charge in [0.05, 0.1) is 24.1 Å². The summed E-state index contributed by atoms with van der Waals surface area (Å²) in [5.74, 6) is -0.304. The normalized spacial score (nSPS) is 15.5. The van der Waals surface area contributed by atoms with Crippen molar-refractivity contribution < 1.29 is 9.53 Å². The molecule has 5 nitrogen and oxygen atoms in total. The molecular formula is C24H23N3O2S. The fourth-order valence-electron chi connectivity index (χ4n) is 4.67. The van der Waals surface area contributed by atoms with Gasteiger partial charge in [0.2, 0.25) is 0 Å². The highest BCUT2D eigenvalue weighted by Gasteiger charge is 2.40. The van der Waals surface area contributed by atoms with Crippen molar-refractivity contribution in [2.24, 2.45) is 0 Å². The van der Waals surface area contributed by atoms with Crippen LogP contribution in [-0.2, 0) is 10.2 Å². The van der Waals surface area contributed by atoms with E-state index in [1.54, 1.807) is 11.3 Å². The van der Waals surface area contributed by atoms with Crippen molar-refractivity contribution in [1.29, 1.82) is 0 Å². The molecule has 0 unspecified atom stereocenters. The number of carbonyl (C=O) groups is 1. The summed E-state index contributed by atoms with van der Waals surface area (Å²) in [7, 11) is 1.41. The molecule has 152 valence electrons. The molecule has 0 spiro atoms. The van der Waals surface area contributed by atoms with E-state index in [0.29, 0.717) is 5.56 Å². The van der Waals surface area contributed by atoms with E-state index in [1.165, 1.54) is 25.5 Å². The van der Waals surface area contributed by atoms with Crippen LogP contribution < -0.4 is 0 Å². The smallest absolute Gasteiger partial charge is 0.337 e. The first-order chi connectivity index (χ1) is 14.6. The van der Waals surface area contributed by atoms with Gasteiger partial charge in [0, 0.05) is 17.0 Å². The molecule has 1 aromatic carbocycles. The monoisotopic (exact) mass is 417 g/mol. The summed E-state index contributed by atoms with van der Waals surface area (Å²) < 4.78 is 6.96. The predicted molar refractivity (Wildman–Crippen MR) is 118 cm³/mol. The van der Waals surface area contributed by atoms with E-state index in [4.69, 9.17) is 9.72 Å². The Kier molecular flexibility index (Phi) is 4.66. The highest BCUT2D eigenvalue weighted by Crippen LogP contribution is 2.48. The molecule has 1 fully saturated rings. The molecule has 1 saturated carbocycles. The van der Waals surface area contributed by atoms with Gasteiger partial charge in [0.25, 0.3) is 0 Å². The average molecular weight is 418 g/mol. The number of methoxy groups -OCH3 is 1. The van der Waals surface area contributed by atoms with E-state index in [9.17, 15) is 4.79 Å². The zero-order valence-electron chi connectivity index (χ0n) is 17.1. The van der Waals surface area contributed by atoms with Crippen LogP contribution in [0.3, 0.4) is 0 Å². The number of carbonyl (C=O) groups excluding carboxylic acids is 1. The Labute approximate surface area is 179 Å². The lowest BCUT2D eigenvalue weighted by Gasteiger charge is -2.27. The molecule has 3 heterocycles. The van der Waals surface area contributed by atoms with Crippen molar-refractivity contribution in [1.82, 2.24) is 14.4 Å². The third-order valence-electron chi connectivity index (χ3n) is 6.18. The zero-order valence-corrected chi connectivity index (χ0v) is 17.9. The summed E-state index contributed by atoms with van der Waals surface area (Å²) in [6, 6.07) is 13.9. The van der Waals surface area contributed by atoms with Gasteiger partial charge < -0.3 is 4.74 Å². The number of imidazole rings is 1. The topological polar surface area (TPSA) is 56.5 Å². The number of aryl methyl sites for hydroxylation is 1. The summed E-state index contributed by atoms with van der Waals surface area (Å²) in [6.45, 7) is 2.04. The molecule has 3 aromatic heterocycles. The maximum atomic E-state index is 11.8. The number of hydrogen-bond acceptors (Lipinski definition) is 5. The van der Waals surface area contributed by atoms with E-state index in [0.717, 1.165) is 40.6 Å². The molecule has 30 heavy (non-hydrogen) atoms. The molecule has 0 radical (unpaired) electrons. The fourth-order valence-corrected chi connectivity index (χ4v) is 5.76. The summed E-state index contributed by atoms with van der Waals surface area (Å²) in [5.41, 5.74) is 5.67. The molecule has 4 aromatic rings. The minimum atomic E-state index is -0.304. The third kappa shape index (κ3) is 2.94. The second-order valence-corrected chi connectivity index (χ2v) is 8.73. The number of esters is 1. The van der Waals surface area contributed by atoms with Crippen LogP contribution in [0.4, 0.5) is 0 Å². The molecule has 6 heteroatoms. The summed E-state index contributed by atoms with van der Waals surface area (Å²) in [6.07, 6.45) is 6.55. The van der Waals surface area contributed by atoms with E-state index in [1.807, 2.05) is 43.5 Å². The van der Waals surface area contributed by atoms with Gasteiger partial charge in [-0.3, -0.25) is 4.40 Å². The first-order valence-corrected chi connectivity index (χ1v) is 11.1. The van der Waals surface area contributed by atoms with Gasteiger partial charge in [-0.1, -0.05) is 31.0 Å². The molecule has 0 N–H and O–H groups in total. The Morgan fingerprint density at radius 1 is 1.10 bits per heavy atom. The summed E-state index contributed by atoms with van der Waals surface area (Å²) >= 11 is 1.73. The van der Waals surface area contributed by atoms with Crippen molar-refractivity contribution in [2.45, 2.75) is 38.0 Å². The molecule has 0 saturated heterocycles. The molecule has 5 rings (SSSR count). The van der Waals surface area contributed by atoms with Crippen molar-refractivity contribution >= 4 is 23.0 Å². The Hall–Kier alpha value is -2.99. The van der Waals surface area contributed by atoms with Gasteiger partial charge in [-0.05, 0) is 49.6 Å². The number of hydrogen-bond donors (Lipinski definition) is 0. The van der Waals surface area contributed by atoms with Crippen LogP contribution in [0.5, 0.6) is 0 Å². The number of ether oxygens (including phenoxy) is 1. The zero-order chi connectivity index (χ0) is 20.7. The number of thiazole rings is 1. The lowest BCUT2D eigenvalue weighted by molar-refractivity contribution is 0.0600. The number of pyridine rings is 1. The van der Waals surface area contributed by atoms with Crippen molar-refractivity contribution in [3.8, 4) is 11.4 Å². The molecule has 0 aliphatic heterocycles. The van der Waals surface area contributed by atoms with Crippen LogP contribution in [0.15, 0.2) is 54.0 Å². The minimum Gasteiger partial charge on any atom is -0.465 e. The number of nitrogens with zero attached hydrogens (tertiary/aromatic N) is 3. The number of benzene rings is 1. The first kappa shape index (κ1) is 19.0. The molecule has 0 bridgehead atoms. The maximum absolute atomic E-state index is 11.8. The molecular weight excluding hydrogens is 394 g/mol. The average Bonchev–Trinajstić information content (AvgIpc) is 3.51. The molecule has 0 amide bonds. The Balaban J connectivity index is 1.57. The number of fused-ring (bicyclic) bond motifs is 1. The van der Waals surface area contributed by atoms with Gasteiger partial charge in [-0.2, -0.15) is 0 Å². The molecule has 1 aliphatic carbocycles. The molecule has 0 atom stereocenters. The van der Waals surface area contributed by atoms with Crippen LogP contribution in [-0.4, -0.2) is 27.4 Å². The standard InChI is InChI=1S/C24H23N3O2S/c1-16-21(27-14-6-3-7-20(27)25-16)19-15-30-23(26-19)24(12-4-5-13-24)18-10-8-17(9-11-18)22(28)29-2/h3,6-11,14-15H,4-5,12-13H2,1-2H3. The first-order valence-electron chi connectivity index (χ1n) is 10.2. The summed E-state index contributed by atoms with van der Waals surface area (Å²) in [4.78, 5) is 21.7. The second-order valence-electron chi connectivity index (χ2n) is 7.87. The quantitative estimate of drug-likeness (QED) is 0.417. The van der Waals surface area contributed by atoms with Crippen molar-refractivity contribution in [3.05, 3.63) is 75.9 Å². The SMILES string of the molecule is COC(=O)c1ccc(C2(c3nc(-c4c(C)nc5ccccn45)cs3)CCCC2)cc1. The highest BCUT2D eigenvalue weighted by atomic mass is 32.1. The number of rotatable bonds is 4. The molecule has 1 aliphatic rings. The van der Waals surface area contributed by atoms with Crippen LogP contribution >= 0.6 is 11.3 Å². The minimum absolute atomic E-state index is 0.0913. The predicted octanol–water partition coefficient (Wildman–Crippen LogP) is 5.41. The van der Waals surface area contributed by atoms with Crippen LogP contribution in [0, 0.1) is 6.92 Å². The van der Waals surface area contributed by atoms with E-state index in [2.05, 4.69) is 26.9 Å². The summed E-state index contributed by atoms with van der Waals surface area (Å²) in [5, 5.41) is 3.30. The van der Waals surface area contributed by atoms with Gasteiger partial charge in [-0.25, -0.2) is 14.8 Å². The lowest BCUT2D eigenvalue weighted by Crippen LogP contribution is -2.23. The highest BCUT2D eigenvalue weighted by molar-refractivity contribution is 7.10. The van der Waals surface area contributed by atoms with Gasteiger partial charge in [-0.15, -0.1) is 11.3 Å². The van der Waals surface area contributed by atoms with Crippen LogP contribution in [0.25, 0.3) is 17.0 Å². The van der Waals surface area contributed by atoms with E-state index >= 15 is 0 Å². The third-order valence-corrected chi connectivity index (χ3v) is 7.22. The Morgan fingerprint density at radius 3 is 2.60 bits per heavy atom. The fraction of sp³-hybridized carbons (Fsp3) is 0.292. The van der Waals surface area contributed by atoms with Crippen molar-refractivity contribution in [3.63, 3.8) is 0 Å². The van der Waals surface area contributed by atoms with Gasteiger partial charge in [0.1, 0.15) is 16.3 Å². The maximum Gasteiger partial charge on any atom is 0.337 e. The lowest BCUT2D eigenvalue weighted by atomic mass is 9.79. The van der Waals surface area contributed by atoms with Crippen molar-refractivity contribution in [2.75, 3.05) is 7.11 Å². The largest absolute Gasteiger partial charge is 0.465 e.